The van der Waals surface area contributed by atoms with Gasteiger partial charge in [0.1, 0.15) is 0 Å². The molecule has 6 nitrogen and oxygen atoms in total. The van der Waals surface area contributed by atoms with E-state index in [-0.39, 0.29) is 25.0 Å². The summed E-state index contributed by atoms with van der Waals surface area (Å²) in [5, 5.41) is 14.0. The van der Waals surface area contributed by atoms with Crippen molar-refractivity contribution >= 4 is 12.0 Å². The summed E-state index contributed by atoms with van der Waals surface area (Å²) in [5.74, 6) is -0.551. The van der Waals surface area contributed by atoms with Gasteiger partial charge < -0.3 is 20.5 Å². The van der Waals surface area contributed by atoms with Crippen molar-refractivity contribution in [2.45, 2.75) is 45.8 Å². The van der Waals surface area contributed by atoms with Gasteiger partial charge in [0.05, 0.1) is 12.5 Å². The molecule has 0 aliphatic carbocycles. The van der Waals surface area contributed by atoms with Crippen molar-refractivity contribution in [2.24, 2.45) is 5.92 Å². The minimum Gasteiger partial charge on any atom is -0.481 e. The largest absolute Gasteiger partial charge is 0.481 e. The van der Waals surface area contributed by atoms with E-state index in [2.05, 4.69) is 24.5 Å². The number of hydrogen-bond acceptors (Lipinski definition) is 3. The van der Waals surface area contributed by atoms with Gasteiger partial charge in [-0.3, -0.25) is 4.79 Å². The molecule has 0 radical (unpaired) electrons. The second-order valence-corrected chi connectivity index (χ2v) is 4.48. The second-order valence-electron chi connectivity index (χ2n) is 4.48. The van der Waals surface area contributed by atoms with Crippen LogP contribution in [0.3, 0.4) is 0 Å². The van der Waals surface area contributed by atoms with Crippen molar-refractivity contribution < 1.29 is 19.4 Å². The summed E-state index contributed by atoms with van der Waals surface area (Å²) in [4.78, 5) is 22.1. The molecule has 0 aliphatic heterocycles. The Kier molecular flexibility index (Phi) is 8.11. The average Bonchev–Trinajstić information content (AvgIpc) is 2.32. The normalized spacial score (nSPS) is 15.6. The topological polar surface area (TPSA) is 87.7 Å². The highest BCUT2D eigenvalue weighted by Gasteiger charge is 2.16. The van der Waals surface area contributed by atoms with Crippen LogP contribution in [0.15, 0.2) is 0 Å². The van der Waals surface area contributed by atoms with Gasteiger partial charge in [-0.2, -0.15) is 0 Å². The van der Waals surface area contributed by atoms with Crippen LogP contribution in [0.5, 0.6) is 0 Å². The van der Waals surface area contributed by atoms with Crippen molar-refractivity contribution in [1.29, 1.82) is 0 Å². The number of nitrogens with one attached hydrogen (secondary N) is 2. The van der Waals surface area contributed by atoms with Crippen LogP contribution in [0.1, 0.15) is 33.6 Å². The molecule has 0 fully saturated rings. The molecule has 3 unspecified atom stereocenters. The van der Waals surface area contributed by atoms with E-state index >= 15 is 0 Å². The Morgan fingerprint density at radius 2 is 1.94 bits per heavy atom. The summed E-state index contributed by atoms with van der Waals surface area (Å²) in [6, 6.07) is -0.217. The lowest BCUT2D eigenvalue weighted by Gasteiger charge is -2.21. The monoisotopic (exact) mass is 260 g/mol. The van der Waals surface area contributed by atoms with Crippen LogP contribution in [0.25, 0.3) is 0 Å². The molecule has 3 N–H and O–H groups in total. The lowest BCUT2D eigenvalue weighted by atomic mass is 10.0. The molecular weight excluding hydrogens is 236 g/mol. The van der Waals surface area contributed by atoms with Crippen molar-refractivity contribution in [1.82, 2.24) is 10.6 Å². The highest BCUT2D eigenvalue weighted by atomic mass is 16.5. The number of ether oxygens (including phenoxy) is 1. The van der Waals surface area contributed by atoms with Crippen LogP contribution >= 0.6 is 0 Å². The second kappa shape index (κ2) is 8.74. The fourth-order valence-electron chi connectivity index (χ4n) is 1.39. The van der Waals surface area contributed by atoms with E-state index < -0.39 is 12.1 Å². The lowest BCUT2D eigenvalue weighted by molar-refractivity contribution is -0.139. The van der Waals surface area contributed by atoms with Crippen LogP contribution in [-0.2, 0) is 9.53 Å². The number of urea groups is 1. The molecule has 6 heteroatoms. The van der Waals surface area contributed by atoms with E-state index in [0.29, 0.717) is 5.92 Å². The van der Waals surface area contributed by atoms with Gasteiger partial charge in [0.15, 0.2) is 0 Å². The standard InChI is InChI=1S/C12H24N2O4/c1-5-8(2)9(3)14-12(17)13-7-10(18-4)6-11(15)16/h8-10H,5-7H2,1-4H3,(H,15,16)(H2,13,14,17). The first kappa shape index (κ1) is 16.7. The molecule has 0 heterocycles. The number of methoxy groups -OCH3 is 1. The van der Waals surface area contributed by atoms with Gasteiger partial charge in [0.25, 0.3) is 0 Å². The van der Waals surface area contributed by atoms with E-state index in [0.717, 1.165) is 6.42 Å². The summed E-state index contributed by atoms with van der Waals surface area (Å²) in [6.45, 7) is 6.25. The van der Waals surface area contributed by atoms with Gasteiger partial charge in [0, 0.05) is 19.7 Å². The molecule has 0 spiro atoms. The summed E-state index contributed by atoms with van der Waals surface area (Å²) in [5.41, 5.74) is 0. The smallest absolute Gasteiger partial charge is 0.315 e. The Bertz CT molecular complexity index is 271. The summed E-state index contributed by atoms with van der Waals surface area (Å²) >= 11 is 0. The van der Waals surface area contributed by atoms with Crippen LogP contribution in [0.2, 0.25) is 0 Å². The summed E-state index contributed by atoms with van der Waals surface area (Å²) in [7, 11) is 1.43. The molecule has 0 aromatic carbocycles. The molecule has 18 heavy (non-hydrogen) atoms. The molecule has 0 bridgehead atoms. The van der Waals surface area contributed by atoms with Crippen molar-refractivity contribution in [3.8, 4) is 0 Å². The number of hydrogen-bond donors (Lipinski definition) is 3. The molecule has 3 atom stereocenters. The maximum Gasteiger partial charge on any atom is 0.315 e. The Hall–Kier alpha value is -1.30. The van der Waals surface area contributed by atoms with E-state index in [9.17, 15) is 9.59 Å². The molecular formula is C12H24N2O4. The summed E-state index contributed by atoms with van der Waals surface area (Å²) < 4.78 is 4.96. The Labute approximate surface area is 108 Å². The molecule has 0 aromatic rings. The third kappa shape index (κ3) is 7.11. The molecule has 2 amide bonds. The van der Waals surface area contributed by atoms with Gasteiger partial charge in [-0.15, -0.1) is 0 Å². The molecule has 0 aliphatic rings. The maximum absolute atomic E-state index is 11.6. The minimum atomic E-state index is -0.947. The number of carboxylic acid groups (broad SMARTS) is 1. The number of carbonyl (C=O) groups is 2. The number of aliphatic carboxylic acids is 1. The Morgan fingerprint density at radius 3 is 2.39 bits per heavy atom. The molecule has 0 saturated carbocycles. The number of carboxylic acids is 1. The zero-order valence-corrected chi connectivity index (χ0v) is 11.5. The van der Waals surface area contributed by atoms with E-state index in [1.807, 2.05) is 6.92 Å². The highest BCUT2D eigenvalue weighted by Crippen LogP contribution is 2.06. The van der Waals surface area contributed by atoms with Crippen LogP contribution in [-0.4, -0.2) is 42.9 Å². The zero-order valence-electron chi connectivity index (χ0n) is 11.5. The van der Waals surface area contributed by atoms with Crippen molar-refractivity contribution in [3.05, 3.63) is 0 Å². The van der Waals surface area contributed by atoms with Crippen LogP contribution in [0.4, 0.5) is 4.79 Å². The molecule has 0 aromatic heterocycles. The first-order valence-electron chi connectivity index (χ1n) is 6.19. The number of amides is 2. The lowest BCUT2D eigenvalue weighted by Crippen LogP contribution is -2.46. The Balaban J connectivity index is 3.97. The van der Waals surface area contributed by atoms with E-state index in [1.54, 1.807) is 0 Å². The molecule has 0 rings (SSSR count). The first-order chi connectivity index (χ1) is 8.40. The number of carbonyl (C=O) groups excluding carboxylic acids is 1. The van der Waals surface area contributed by atoms with Gasteiger partial charge >= 0.3 is 12.0 Å². The van der Waals surface area contributed by atoms with Gasteiger partial charge in [-0.1, -0.05) is 20.3 Å². The third-order valence-corrected chi connectivity index (χ3v) is 3.08. The van der Waals surface area contributed by atoms with E-state index in [1.165, 1.54) is 7.11 Å². The zero-order chi connectivity index (χ0) is 14.1. The quantitative estimate of drug-likeness (QED) is 0.612. The predicted octanol–water partition coefficient (Wildman–Crippen LogP) is 1.21. The van der Waals surface area contributed by atoms with Gasteiger partial charge in [-0.05, 0) is 12.8 Å². The fourth-order valence-corrected chi connectivity index (χ4v) is 1.39. The van der Waals surface area contributed by atoms with Gasteiger partial charge in [-0.25, -0.2) is 4.79 Å². The Morgan fingerprint density at radius 1 is 1.33 bits per heavy atom. The molecule has 0 saturated heterocycles. The van der Waals surface area contributed by atoms with E-state index in [4.69, 9.17) is 9.84 Å². The SMILES string of the molecule is CCC(C)C(C)NC(=O)NCC(CC(=O)O)OC. The van der Waals surface area contributed by atoms with Crippen molar-refractivity contribution in [3.63, 3.8) is 0 Å². The first-order valence-corrected chi connectivity index (χ1v) is 6.19. The van der Waals surface area contributed by atoms with Gasteiger partial charge in [0.2, 0.25) is 0 Å². The van der Waals surface area contributed by atoms with Crippen LogP contribution in [0, 0.1) is 5.92 Å². The summed E-state index contributed by atoms with van der Waals surface area (Å²) in [6.07, 6.45) is 0.353. The average molecular weight is 260 g/mol. The van der Waals surface area contributed by atoms with Crippen molar-refractivity contribution in [2.75, 3.05) is 13.7 Å². The predicted molar refractivity (Wildman–Crippen MR) is 68.5 cm³/mol. The fraction of sp³-hybridized carbons (Fsp3) is 0.833. The number of rotatable bonds is 8. The third-order valence-electron chi connectivity index (χ3n) is 3.08. The highest BCUT2D eigenvalue weighted by molar-refractivity contribution is 5.74. The molecule has 106 valence electrons. The maximum atomic E-state index is 11.6. The van der Waals surface area contributed by atoms with Crippen LogP contribution < -0.4 is 10.6 Å². The minimum absolute atomic E-state index is 0.0791.